The van der Waals surface area contributed by atoms with Gasteiger partial charge in [-0.15, -0.1) is 0 Å². The predicted octanol–water partition coefficient (Wildman–Crippen LogP) is 2.90. The lowest BCUT2D eigenvalue weighted by molar-refractivity contribution is 0.561. The molecular formula is C13H18FN3. The monoisotopic (exact) mass is 235 g/mol. The van der Waals surface area contributed by atoms with Crippen molar-refractivity contribution in [2.24, 2.45) is 12.8 Å². The van der Waals surface area contributed by atoms with Gasteiger partial charge in [-0.1, -0.05) is 19.8 Å². The van der Waals surface area contributed by atoms with Crippen molar-refractivity contribution in [3.8, 4) is 0 Å². The van der Waals surface area contributed by atoms with E-state index in [-0.39, 0.29) is 11.9 Å². The van der Waals surface area contributed by atoms with Crippen LogP contribution in [-0.4, -0.2) is 9.55 Å². The molecule has 0 aliphatic carbocycles. The van der Waals surface area contributed by atoms with Crippen LogP contribution in [0.4, 0.5) is 4.39 Å². The highest BCUT2D eigenvalue weighted by atomic mass is 19.1. The fourth-order valence-corrected chi connectivity index (χ4v) is 2.08. The predicted molar refractivity (Wildman–Crippen MR) is 67.1 cm³/mol. The Balaban J connectivity index is 2.37. The maximum absolute atomic E-state index is 13.1. The van der Waals surface area contributed by atoms with Crippen LogP contribution in [0.25, 0.3) is 11.0 Å². The van der Waals surface area contributed by atoms with Gasteiger partial charge < -0.3 is 10.3 Å². The molecule has 1 heterocycles. The number of nitrogens with two attached hydrogens (primary N) is 1. The van der Waals surface area contributed by atoms with Crippen LogP contribution in [0.2, 0.25) is 0 Å². The molecule has 0 fully saturated rings. The molecule has 0 bridgehead atoms. The zero-order valence-corrected chi connectivity index (χ0v) is 10.3. The number of hydrogen-bond donors (Lipinski definition) is 1. The van der Waals surface area contributed by atoms with E-state index < -0.39 is 0 Å². The minimum atomic E-state index is -0.260. The van der Waals surface area contributed by atoms with Gasteiger partial charge in [0, 0.05) is 13.1 Å². The van der Waals surface area contributed by atoms with Crippen LogP contribution in [0, 0.1) is 5.82 Å². The number of rotatable bonds is 4. The third-order valence-electron chi connectivity index (χ3n) is 3.08. The second kappa shape index (κ2) is 4.84. The van der Waals surface area contributed by atoms with Gasteiger partial charge in [0.2, 0.25) is 0 Å². The molecule has 0 amide bonds. The van der Waals surface area contributed by atoms with Crippen molar-refractivity contribution in [3.63, 3.8) is 0 Å². The van der Waals surface area contributed by atoms with E-state index in [0.29, 0.717) is 5.52 Å². The molecule has 3 nitrogen and oxygen atoms in total. The van der Waals surface area contributed by atoms with Crippen molar-refractivity contribution in [1.82, 2.24) is 9.55 Å². The Hall–Kier alpha value is -1.42. The number of halogens is 1. The molecule has 1 aromatic heterocycles. The van der Waals surface area contributed by atoms with Gasteiger partial charge in [0.15, 0.2) is 0 Å². The van der Waals surface area contributed by atoms with Gasteiger partial charge in [-0.05, 0) is 18.6 Å². The van der Waals surface area contributed by atoms with Gasteiger partial charge in [0.25, 0.3) is 0 Å². The van der Waals surface area contributed by atoms with Crippen molar-refractivity contribution < 1.29 is 4.39 Å². The first-order chi connectivity index (χ1) is 8.13. The minimum Gasteiger partial charge on any atom is -0.330 e. The topological polar surface area (TPSA) is 43.8 Å². The van der Waals surface area contributed by atoms with Crippen LogP contribution >= 0.6 is 0 Å². The van der Waals surface area contributed by atoms with Crippen LogP contribution in [0.5, 0.6) is 0 Å². The largest absolute Gasteiger partial charge is 0.330 e. The Morgan fingerprint density at radius 1 is 1.47 bits per heavy atom. The van der Waals surface area contributed by atoms with Crippen molar-refractivity contribution in [2.45, 2.75) is 32.2 Å². The molecule has 1 atom stereocenters. The zero-order chi connectivity index (χ0) is 12.4. The van der Waals surface area contributed by atoms with Crippen molar-refractivity contribution >= 4 is 11.0 Å². The van der Waals surface area contributed by atoms with Crippen LogP contribution in [-0.2, 0) is 7.05 Å². The normalized spacial score (nSPS) is 13.2. The van der Waals surface area contributed by atoms with E-state index in [1.807, 2.05) is 11.6 Å². The van der Waals surface area contributed by atoms with E-state index in [0.717, 1.165) is 30.6 Å². The number of imidazole rings is 1. The van der Waals surface area contributed by atoms with Crippen molar-refractivity contribution in [1.29, 1.82) is 0 Å². The van der Waals surface area contributed by atoms with Crippen LogP contribution in [0.1, 0.15) is 38.1 Å². The lowest BCUT2D eigenvalue weighted by Gasteiger charge is -2.10. The van der Waals surface area contributed by atoms with Crippen molar-refractivity contribution in [3.05, 3.63) is 29.8 Å². The fraction of sp³-hybridized carbons (Fsp3) is 0.462. The fourth-order valence-electron chi connectivity index (χ4n) is 2.08. The summed E-state index contributed by atoms with van der Waals surface area (Å²) in [7, 11) is 1.92. The maximum Gasteiger partial charge on any atom is 0.126 e. The lowest BCUT2D eigenvalue weighted by Crippen LogP contribution is -2.15. The average molecular weight is 235 g/mol. The number of benzene rings is 1. The van der Waals surface area contributed by atoms with Crippen LogP contribution in [0.15, 0.2) is 18.2 Å². The Labute approximate surface area is 100 Å². The van der Waals surface area contributed by atoms with E-state index in [1.165, 1.54) is 12.1 Å². The molecule has 0 aliphatic heterocycles. The minimum absolute atomic E-state index is 0.0737. The maximum atomic E-state index is 13.1. The van der Waals surface area contributed by atoms with Gasteiger partial charge in [0.1, 0.15) is 11.6 Å². The van der Waals surface area contributed by atoms with Gasteiger partial charge in [-0.3, -0.25) is 0 Å². The molecule has 0 saturated heterocycles. The Morgan fingerprint density at radius 3 is 2.94 bits per heavy atom. The molecule has 92 valence electrons. The van der Waals surface area contributed by atoms with Gasteiger partial charge >= 0.3 is 0 Å². The summed E-state index contributed by atoms with van der Waals surface area (Å²) in [5.41, 5.74) is 7.71. The first kappa shape index (κ1) is 12.0. The number of hydrogen-bond acceptors (Lipinski definition) is 2. The lowest BCUT2D eigenvalue weighted by atomic mass is 10.1. The first-order valence-electron chi connectivity index (χ1n) is 6.01. The summed E-state index contributed by atoms with van der Waals surface area (Å²) >= 11 is 0. The van der Waals surface area contributed by atoms with Crippen LogP contribution in [0.3, 0.4) is 0 Å². The molecule has 2 rings (SSSR count). The summed E-state index contributed by atoms with van der Waals surface area (Å²) in [5.74, 6) is 0.573. The number of fused-ring (bicyclic) bond motifs is 1. The van der Waals surface area contributed by atoms with E-state index in [1.54, 1.807) is 6.07 Å². The van der Waals surface area contributed by atoms with Gasteiger partial charge in [0.05, 0.1) is 17.1 Å². The first-order valence-corrected chi connectivity index (χ1v) is 6.01. The molecule has 1 aromatic carbocycles. The highest BCUT2D eigenvalue weighted by Crippen LogP contribution is 2.22. The molecule has 1 unspecified atom stereocenters. The number of nitrogens with zero attached hydrogens (tertiary/aromatic N) is 2. The number of aryl methyl sites for hydroxylation is 1. The molecule has 0 spiro atoms. The smallest absolute Gasteiger partial charge is 0.126 e. The molecule has 2 aromatic rings. The van der Waals surface area contributed by atoms with E-state index in [4.69, 9.17) is 5.73 Å². The summed E-state index contributed by atoms with van der Waals surface area (Å²) in [6, 6.07) is 4.57. The van der Waals surface area contributed by atoms with E-state index in [2.05, 4.69) is 11.9 Å². The Morgan fingerprint density at radius 2 is 2.24 bits per heavy atom. The standard InChI is InChI=1S/C13H18FN3/c1-3-4-5-10(15)13-16-11-8-9(14)6-7-12(11)17(13)2/h6-8,10H,3-5,15H2,1-2H3. The summed E-state index contributed by atoms with van der Waals surface area (Å²) < 4.78 is 15.1. The molecule has 17 heavy (non-hydrogen) atoms. The molecule has 0 saturated carbocycles. The third-order valence-corrected chi connectivity index (χ3v) is 3.08. The highest BCUT2D eigenvalue weighted by molar-refractivity contribution is 5.76. The zero-order valence-electron chi connectivity index (χ0n) is 10.3. The highest BCUT2D eigenvalue weighted by Gasteiger charge is 2.14. The third kappa shape index (κ3) is 2.31. The average Bonchev–Trinajstić information content (AvgIpc) is 2.63. The molecule has 0 aliphatic rings. The SMILES string of the molecule is CCCCC(N)c1nc2cc(F)ccc2n1C. The summed E-state index contributed by atoms with van der Waals surface area (Å²) in [6.07, 6.45) is 3.11. The van der Waals surface area contributed by atoms with Gasteiger partial charge in [-0.2, -0.15) is 0 Å². The molecular weight excluding hydrogens is 217 g/mol. The van der Waals surface area contributed by atoms with Crippen molar-refractivity contribution in [2.75, 3.05) is 0 Å². The summed E-state index contributed by atoms with van der Waals surface area (Å²) in [5, 5.41) is 0. The van der Waals surface area contributed by atoms with E-state index in [9.17, 15) is 4.39 Å². The second-order valence-corrected chi connectivity index (χ2v) is 4.41. The second-order valence-electron chi connectivity index (χ2n) is 4.41. The van der Waals surface area contributed by atoms with Gasteiger partial charge in [-0.25, -0.2) is 9.37 Å². The molecule has 0 radical (unpaired) electrons. The van der Waals surface area contributed by atoms with E-state index >= 15 is 0 Å². The number of aromatic nitrogens is 2. The molecule has 4 heteroatoms. The molecule has 2 N–H and O–H groups in total. The number of unbranched alkanes of at least 4 members (excludes halogenated alkanes) is 1. The summed E-state index contributed by atoms with van der Waals surface area (Å²) in [6.45, 7) is 2.14. The Bertz CT molecular complexity index is 519. The quantitative estimate of drug-likeness (QED) is 0.885. The Kier molecular flexibility index (Phi) is 3.43. The summed E-state index contributed by atoms with van der Waals surface area (Å²) in [4.78, 5) is 4.42. The van der Waals surface area contributed by atoms with Crippen LogP contribution < -0.4 is 5.73 Å².